The van der Waals surface area contributed by atoms with Crippen LogP contribution in [0.15, 0.2) is 22.8 Å². The van der Waals surface area contributed by atoms with Crippen LogP contribution in [0.2, 0.25) is 25.7 Å². The molecule has 0 aromatic rings. The zero-order valence-corrected chi connectivity index (χ0v) is 15.1. The van der Waals surface area contributed by atoms with Crippen LogP contribution in [0.5, 0.6) is 0 Å². The Morgan fingerprint density at radius 3 is 2.45 bits per heavy atom. The molecule has 2 aliphatic rings. The van der Waals surface area contributed by atoms with Crippen LogP contribution in [0.4, 0.5) is 0 Å². The van der Waals surface area contributed by atoms with E-state index in [0.29, 0.717) is 11.7 Å². The van der Waals surface area contributed by atoms with E-state index in [4.69, 9.17) is 0 Å². The second-order valence-corrected chi connectivity index (χ2v) is 14.1. The first-order valence-electron chi connectivity index (χ1n) is 8.02. The van der Waals surface area contributed by atoms with E-state index in [1.165, 1.54) is 18.9 Å². The van der Waals surface area contributed by atoms with E-state index in [9.17, 15) is 4.79 Å². The predicted octanol–water partition coefficient (Wildman–Crippen LogP) is 5.37. The molecule has 0 amide bonds. The predicted molar refractivity (Wildman–Crippen MR) is 89.7 cm³/mol. The minimum atomic E-state index is -1.01. The van der Waals surface area contributed by atoms with Crippen molar-refractivity contribution in [2.24, 2.45) is 11.3 Å². The van der Waals surface area contributed by atoms with E-state index in [-0.39, 0.29) is 5.41 Å². The lowest BCUT2D eigenvalue weighted by Gasteiger charge is -2.19. The Balaban J connectivity index is 2.04. The highest BCUT2D eigenvalue weighted by molar-refractivity contribution is 6.76. The number of allylic oxidation sites excluding steroid dienone is 4. The highest BCUT2D eigenvalue weighted by Crippen LogP contribution is 2.42. The van der Waals surface area contributed by atoms with Crippen molar-refractivity contribution in [1.29, 1.82) is 0 Å². The third-order valence-corrected chi connectivity index (χ3v) is 6.43. The Morgan fingerprint density at radius 1 is 1.30 bits per heavy atom. The molecule has 2 heteroatoms. The molecule has 0 aromatic heterocycles. The van der Waals surface area contributed by atoms with Crippen molar-refractivity contribution in [1.82, 2.24) is 0 Å². The van der Waals surface area contributed by atoms with Crippen molar-refractivity contribution >= 4 is 13.9 Å². The first-order valence-corrected chi connectivity index (χ1v) is 11.7. The highest BCUT2D eigenvalue weighted by Gasteiger charge is 2.36. The fourth-order valence-electron chi connectivity index (χ4n) is 3.61. The van der Waals surface area contributed by atoms with Gasteiger partial charge in [-0.25, -0.2) is 0 Å². The van der Waals surface area contributed by atoms with Gasteiger partial charge in [-0.3, -0.25) is 4.79 Å². The molecular weight excluding hydrogens is 260 g/mol. The van der Waals surface area contributed by atoms with Crippen LogP contribution in [0.1, 0.15) is 46.5 Å². The number of carbonyl (C=O) groups excluding carboxylic acids is 1. The van der Waals surface area contributed by atoms with Gasteiger partial charge in [0.1, 0.15) is 0 Å². The Bertz CT molecular complexity index is 474. The minimum absolute atomic E-state index is 0.146. The summed E-state index contributed by atoms with van der Waals surface area (Å²) in [7, 11) is -1.01. The van der Waals surface area contributed by atoms with Crippen molar-refractivity contribution in [3.8, 4) is 0 Å². The van der Waals surface area contributed by atoms with Gasteiger partial charge in [0.25, 0.3) is 0 Å². The maximum absolute atomic E-state index is 12.4. The maximum Gasteiger partial charge on any atom is 0.164 e. The second-order valence-electron chi connectivity index (χ2n) is 8.61. The fourth-order valence-corrected chi connectivity index (χ4v) is 5.35. The van der Waals surface area contributed by atoms with Crippen LogP contribution < -0.4 is 0 Å². The minimum Gasteiger partial charge on any atom is -0.294 e. The molecule has 0 heterocycles. The number of Topliss-reactive ketones (excluding diaryl/α,β-unsaturated/α-hetero) is 1. The standard InChI is InChI=1S/C18H30OSi/c1-13-14(7-8-16(13)12-20(4,5)6)11-15-9-10-18(2,3)17(15)19/h9,14H,7-8,10-12H2,1-6H3. The summed E-state index contributed by atoms with van der Waals surface area (Å²) in [6, 6.07) is 1.34. The van der Waals surface area contributed by atoms with Crippen molar-refractivity contribution in [2.75, 3.05) is 0 Å². The van der Waals surface area contributed by atoms with Crippen molar-refractivity contribution in [3.63, 3.8) is 0 Å². The van der Waals surface area contributed by atoms with E-state index in [1.54, 1.807) is 11.1 Å². The third kappa shape index (κ3) is 3.33. The normalized spacial score (nSPS) is 26.4. The summed E-state index contributed by atoms with van der Waals surface area (Å²) in [5, 5.41) is 0. The van der Waals surface area contributed by atoms with E-state index < -0.39 is 8.07 Å². The molecule has 0 saturated heterocycles. The second kappa shape index (κ2) is 5.29. The summed E-state index contributed by atoms with van der Waals surface area (Å²) in [6.07, 6.45) is 6.65. The van der Waals surface area contributed by atoms with Crippen molar-refractivity contribution < 1.29 is 4.79 Å². The van der Waals surface area contributed by atoms with Gasteiger partial charge in [-0.05, 0) is 50.1 Å². The molecular formula is C18H30OSi. The molecule has 1 unspecified atom stereocenters. The molecule has 0 radical (unpaired) electrons. The van der Waals surface area contributed by atoms with Crippen LogP contribution in [-0.4, -0.2) is 13.9 Å². The van der Waals surface area contributed by atoms with Gasteiger partial charge in [0, 0.05) is 13.5 Å². The number of ketones is 1. The smallest absolute Gasteiger partial charge is 0.164 e. The quantitative estimate of drug-likeness (QED) is 0.503. The summed E-state index contributed by atoms with van der Waals surface area (Å²) in [6.45, 7) is 13.8. The van der Waals surface area contributed by atoms with Gasteiger partial charge in [0.05, 0.1) is 0 Å². The van der Waals surface area contributed by atoms with Crippen LogP contribution in [0.3, 0.4) is 0 Å². The molecule has 0 aromatic carbocycles. The first kappa shape index (κ1) is 15.8. The molecule has 2 aliphatic carbocycles. The summed E-state index contributed by atoms with van der Waals surface area (Å²) < 4.78 is 0. The van der Waals surface area contributed by atoms with Crippen LogP contribution >= 0.6 is 0 Å². The molecule has 0 aliphatic heterocycles. The molecule has 0 N–H and O–H groups in total. The largest absolute Gasteiger partial charge is 0.294 e. The lowest BCUT2D eigenvalue weighted by molar-refractivity contribution is -0.122. The average molecular weight is 291 g/mol. The Hall–Kier alpha value is -0.633. The monoisotopic (exact) mass is 290 g/mol. The molecule has 1 nitrogen and oxygen atoms in total. The Labute approximate surface area is 125 Å². The lowest BCUT2D eigenvalue weighted by atomic mass is 9.85. The summed E-state index contributed by atoms with van der Waals surface area (Å²) in [4.78, 5) is 12.4. The van der Waals surface area contributed by atoms with Gasteiger partial charge < -0.3 is 0 Å². The summed E-state index contributed by atoms with van der Waals surface area (Å²) in [5.41, 5.74) is 4.27. The first-order chi connectivity index (χ1) is 9.10. The number of hydrogen-bond acceptors (Lipinski definition) is 1. The number of carbonyl (C=O) groups is 1. The summed E-state index contributed by atoms with van der Waals surface area (Å²) in [5.74, 6) is 1.02. The number of rotatable bonds is 4. The van der Waals surface area contributed by atoms with Gasteiger partial charge in [-0.15, -0.1) is 0 Å². The average Bonchev–Trinajstić information content (AvgIpc) is 2.75. The van der Waals surface area contributed by atoms with Gasteiger partial charge in [-0.1, -0.05) is 50.7 Å². The zero-order valence-electron chi connectivity index (χ0n) is 14.1. The third-order valence-electron chi connectivity index (χ3n) is 4.94. The topological polar surface area (TPSA) is 17.1 Å². The SMILES string of the molecule is CC1=C(C[Si](C)(C)C)CCC1CC1=CCC(C)(C)C1=O. The molecule has 0 fully saturated rings. The van der Waals surface area contributed by atoms with Crippen LogP contribution in [0.25, 0.3) is 0 Å². The fraction of sp³-hybridized carbons (Fsp3) is 0.722. The molecule has 0 bridgehead atoms. The van der Waals surface area contributed by atoms with Gasteiger partial charge in [0.15, 0.2) is 5.78 Å². The molecule has 0 spiro atoms. The van der Waals surface area contributed by atoms with Crippen LogP contribution in [-0.2, 0) is 4.79 Å². The zero-order chi connectivity index (χ0) is 15.1. The van der Waals surface area contributed by atoms with Crippen molar-refractivity contribution in [2.45, 2.75) is 72.1 Å². The molecule has 2 rings (SSSR count). The maximum atomic E-state index is 12.4. The molecule has 112 valence electrons. The molecule has 1 atom stereocenters. The Morgan fingerprint density at radius 2 is 1.95 bits per heavy atom. The van der Waals surface area contributed by atoms with Gasteiger partial charge in [-0.2, -0.15) is 0 Å². The number of hydrogen-bond donors (Lipinski definition) is 0. The van der Waals surface area contributed by atoms with Gasteiger partial charge in [0.2, 0.25) is 0 Å². The lowest BCUT2D eigenvalue weighted by Crippen LogP contribution is -2.20. The van der Waals surface area contributed by atoms with E-state index in [1.807, 2.05) is 0 Å². The highest BCUT2D eigenvalue weighted by atomic mass is 28.3. The van der Waals surface area contributed by atoms with Crippen LogP contribution in [0, 0.1) is 11.3 Å². The molecule has 20 heavy (non-hydrogen) atoms. The summed E-state index contributed by atoms with van der Waals surface area (Å²) >= 11 is 0. The van der Waals surface area contributed by atoms with E-state index in [2.05, 4.69) is 46.5 Å². The molecule has 0 saturated carbocycles. The van der Waals surface area contributed by atoms with E-state index >= 15 is 0 Å². The Kier molecular flexibility index (Phi) is 4.16. The van der Waals surface area contributed by atoms with Crippen molar-refractivity contribution in [3.05, 3.63) is 22.8 Å². The van der Waals surface area contributed by atoms with Gasteiger partial charge >= 0.3 is 0 Å². The van der Waals surface area contributed by atoms with E-state index in [0.717, 1.165) is 18.4 Å².